The molecule has 0 aromatic rings. The Kier molecular flexibility index (Phi) is 19.2. The molecule has 0 amide bonds. The van der Waals surface area contributed by atoms with E-state index in [9.17, 15) is 9.59 Å². The summed E-state index contributed by atoms with van der Waals surface area (Å²) in [5.74, 6) is 0. The van der Waals surface area contributed by atoms with E-state index < -0.39 is 24.9 Å². The smallest absolute Gasteiger partial charge is 0.678 e. The van der Waals surface area contributed by atoms with Crippen molar-refractivity contribution in [2.75, 3.05) is 0 Å². The molecule has 0 aliphatic rings. The van der Waals surface area contributed by atoms with Crippen LogP contribution >= 0.6 is 0 Å². The Morgan fingerprint density at radius 1 is 0.295 bits per heavy atom. The first-order valence-corrected chi connectivity index (χ1v) is 22.3. The minimum absolute atomic E-state index is 0. The minimum Gasteiger partial charge on any atom is -0.678 e. The zero-order valence-corrected chi connectivity index (χ0v) is 40.5. The first kappa shape index (κ1) is 54.7. The van der Waals surface area contributed by atoms with Gasteiger partial charge in [0.1, 0.15) is 0 Å². The predicted octanol–water partition coefficient (Wildman–Crippen LogP) is 14.5. The normalized spacial score (nSPS) is 15.1. The maximum absolute atomic E-state index is 11.2. The average Bonchev–Trinajstić information content (AvgIpc) is 2.58. The molecule has 0 aliphatic carbocycles. The van der Waals surface area contributed by atoms with E-state index >= 15 is 0 Å². The van der Waals surface area contributed by atoms with Crippen molar-refractivity contribution in [3.8, 4) is 0 Å². The Morgan fingerprint density at radius 2 is 0.386 bits per heavy atom. The maximum atomic E-state index is 11.2. The zero-order chi connectivity index (χ0) is 36.0. The SMILES string of the molecule is CC(C)(C)[Si](O)(C(C)(C)C)C(C)(C)C.CC(C)(C)[Si](O)(C(C)(C)C)C(C)(C)C.CC(C)(C)[Si]([NH-])(C(C)(C)C)C(C)(C)C.[CH3-].[Ti+2]. The molecule has 0 spiro atoms. The van der Waals surface area contributed by atoms with Crippen LogP contribution in [0, 0.1) is 7.43 Å². The van der Waals surface area contributed by atoms with Crippen molar-refractivity contribution in [1.29, 1.82) is 0 Å². The van der Waals surface area contributed by atoms with Crippen molar-refractivity contribution >= 4 is 24.9 Å². The molecule has 0 bridgehead atoms. The molecule has 44 heavy (non-hydrogen) atoms. The predicted molar refractivity (Wildman–Crippen MR) is 210 cm³/mol. The van der Waals surface area contributed by atoms with E-state index in [0.29, 0.717) is 0 Å². The molecule has 0 saturated heterocycles. The van der Waals surface area contributed by atoms with Gasteiger partial charge in [-0.2, -0.15) is 0 Å². The molecule has 0 aromatic heterocycles. The van der Waals surface area contributed by atoms with Gasteiger partial charge >= 0.3 is 21.7 Å². The third kappa shape index (κ3) is 11.4. The van der Waals surface area contributed by atoms with Crippen molar-refractivity contribution in [2.24, 2.45) is 0 Å². The second-order valence-corrected chi connectivity index (χ2v) is 40.3. The molecule has 0 rings (SSSR count). The van der Waals surface area contributed by atoms with Gasteiger partial charge < -0.3 is 22.4 Å². The molecule has 3 N–H and O–H groups in total. The summed E-state index contributed by atoms with van der Waals surface area (Å²) in [5, 5.41) is 9.50. The van der Waals surface area contributed by atoms with Crippen LogP contribution in [0.25, 0.3) is 5.40 Å². The molecule has 0 aromatic carbocycles. The molecular formula is C37H87NO2Si3Ti. The van der Waals surface area contributed by atoms with E-state index in [1.807, 2.05) is 0 Å². The number of nitrogens with one attached hydrogen (secondary N) is 1. The summed E-state index contributed by atoms with van der Waals surface area (Å²) in [6.07, 6.45) is 0. The number of hydrogen-bond donors (Lipinski definition) is 2. The molecule has 0 unspecified atom stereocenters. The van der Waals surface area contributed by atoms with Crippen LogP contribution in [0.1, 0.15) is 187 Å². The summed E-state index contributed by atoms with van der Waals surface area (Å²) < 4.78 is 0. The van der Waals surface area contributed by atoms with Crippen LogP contribution in [0.4, 0.5) is 0 Å². The van der Waals surface area contributed by atoms with Crippen molar-refractivity contribution < 1.29 is 31.3 Å². The average molecular weight is 710 g/mol. The van der Waals surface area contributed by atoms with Crippen LogP contribution in [-0.2, 0) is 21.7 Å². The quantitative estimate of drug-likeness (QED) is 0.194. The van der Waals surface area contributed by atoms with Crippen LogP contribution < -0.4 is 0 Å². The van der Waals surface area contributed by atoms with Crippen LogP contribution in [0.2, 0.25) is 45.3 Å². The van der Waals surface area contributed by atoms with E-state index in [0.717, 1.165) is 0 Å². The molecule has 0 fully saturated rings. The molecular weight excluding hydrogens is 623 g/mol. The second-order valence-electron chi connectivity index (χ2n) is 22.4. The minimum atomic E-state index is -2.35. The molecule has 7 heteroatoms. The molecule has 0 radical (unpaired) electrons. The van der Waals surface area contributed by atoms with Gasteiger partial charge in [0.05, 0.1) is 0 Å². The third-order valence-corrected chi connectivity index (χ3v) is 29.7. The van der Waals surface area contributed by atoms with Gasteiger partial charge in [-0.05, 0) is 38.5 Å². The third-order valence-electron chi connectivity index (χ3n) is 9.89. The summed E-state index contributed by atoms with van der Waals surface area (Å²) in [6, 6.07) is 0. The Balaban J connectivity index is -0.000000169. The Bertz CT molecular complexity index is 615. The van der Waals surface area contributed by atoms with Crippen LogP contribution in [0.5, 0.6) is 0 Å². The molecule has 0 atom stereocenters. The monoisotopic (exact) mass is 710 g/mol. The van der Waals surface area contributed by atoms with E-state index in [-0.39, 0.29) is 74.5 Å². The van der Waals surface area contributed by atoms with Crippen LogP contribution in [0.15, 0.2) is 0 Å². The first-order valence-electron chi connectivity index (χ1n) is 16.4. The van der Waals surface area contributed by atoms with Crippen molar-refractivity contribution in [3.63, 3.8) is 0 Å². The van der Waals surface area contributed by atoms with Gasteiger partial charge in [-0.15, -0.1) is 0 Å². The fourth-order valence-electron chi connectivity index (χ4n) is 10.1. The fourth-order valence-corrected chi connectivity index (χ4v) is 30.4. The summed E-state index contributed by atoms with van der Waals surface area (Å²) in [5.41, 5.74) is 0. The molecule has 268 valence electrons. The van der Waals surface area contributed by atoms with Crippen molar-refractivity contribution in [2.45, 2.75) is 232 Å². The van der Waals surface area contributed by atoms with E-state index in [2.05, 4.69) is 187 Å². The van der Waals surface area contributed by atoms with Gasteiger partial charge in [0, 0.05) is 0 Å². The summed E-state index contributed by atoms with van der Waals surface area (Å²) in [6.45, 7) is 59.3. The number of hydrogen-bond acceptors (Lipinski definition) is 2. The van der Waals surface area contributed by atoms with E-state index in [1.54, 1.807) is 0 Å². The molecule has 0 aliphatic heterocycles. The molecule has 0 heterocycles. The van der Waals surface area contributed by atoms with Gasteiger partial charge in [0.25, 0.3) is 0 Å². The van der Waals surface area contributed by atoms with Crippen LogP contribution in [-0.4, -0.2) is 34.5 Å². The summed E-state index contributed by atoms with van der Waals surface area (Å²) >= 11 is 0. The Labute approximate surface area is 299 Å². The topological polar surface area (TPSA) is 64.3 Å². The van der Waals surface area contributed by atoms with Gasteiger partial charge in [-0.25, -0.2) is 0 Å². The van der Waals surface area contributed by atoms with Crippen LogP contribution in [0.3, 0.4) is 0 Å². The van der Waals surface area contributed by atoms with Crippen molar-refractivity contribution in [1.82, 2.24) is 0 Å². The Hall–Kier alpha value is 1.24. The van der Waals surface area contributed by atoms with Gasteiger partial charge in [0.15, 0.2) is 0 Å². The Morgan fingerprint density at radius 3 is 0.386 bits per heavy atom. The zero-order valence-electron chi connectivity index (χ0n) is 35.9. The maximum Gasteiger partial charge on any atom is 2.00 e. The largest absolute Gasteiger partial charge is 2.00 e. The van der Waals surface area contributed by atoms with Gasteiger partial charge in [-0.1, -0.05) is 202 Å². The molecule has 0 saturated carbocycles. The number of rotatable bonds is 0. The summed E-state index contributed by atoms with van der Waals surface area (Å²) in [4.78, 5) is 22.3. The first-order chi connectivity index (χ1) is 17.2. The van der Waals surface area contributed by atoms with E-state index in [4.69, 9.17) is 5.40 Å². The fraction of sp³-hybridized carbons (Fsp3) is 0.973. The van der Waals surface area contributed by atoms with Gasteiger partial charge in [0.2, 0.25) is 16.6 Å². The summed E-state index contributed by atoms with van der Waals surface area (Å²) in [7, 11) is -6.81. The molecule has 3 nitrogen and oxygen atoms in total. The second kappa shape index (κ2) is 15.4. The standard InChI is InChI=1S/C12H28NSi.2C12H28OSi.CH3.Ti/c3*1-10(2,3)14(13,11(4,5)6)12(7,8)9;;/h3*13H,1-9H3;1H3;/q-1;;;-1;+2. The van der Waals surface area contributed by atoms with E-state index in [1.165, 1.54) is 0 Å². The van der Waals surface area contributed by atoms with Crippen molar-refractivity contribution in [3.05, 3.63) is 12.8 Å². The van der Waals surface area contributed by atoms with Gasteiger partial charge in [-0.3, -0.25) is 0 Å².